The molecule has 18 heavy (non-hydrogen) atoms. The fraction of sp³-hybridized carbons (Fsp3) is 0.571. The number of urea groups is 1. The molecule has 0 spiro atoms. The minimum atomic E-state index is -0.257. The molecule has 2 rings (SSSR count). The highest BCUT2D eigenvalue weighted by Gasteiger charge is 2.37. The van der Waals surface area contributed by atoms with Crippen molar-refractivity contribution in [2.75, 3.05) is 13.1 Å². The van der Waals surface area contributed by atoms with Crippen LogP contribution in [0.2, 0.25) is 0 Å². The van der Waals surface area contributed by atoms with Gasteiger partial charge in [-0.15, -0.1) is 6.58 Å². The van der Waals surface area contributed by atoms with Crippen LogP contribution < -0.4 is 0 Å². The number of amides is 3. The van der Waals surface area contributed by atoms with Crippen LogP contribution in [0.15, 0.2) is 24.8 Å². The number of imide groups is 1. The Labute approximate surface area is 108 Å². The summed E-state index contributed by atoms with van der Waals surface area (Å²) in [5.74, 6) is -0.257. The van der Waals surface area contributed by atoms with Gasteiger partial charge in [-0.3, -0.25) is 9.69 Å². The number of hydrogen-bond acceptors (Lipinski definition) is 2. The molecule has 2 fully saturated rings. The summed E-state index contributed by atoms with van der Waals surface area (Å²) in [7, 11) is 0. The van der Waals surface area contributed by atoms with Crippen molar-refractivity contribution < 1.29 is 9.59 Å². The first kappa shape index (κ1) is 12.9. The largest absolute Gasteiger partial charge is 0.327 e. The minimum Gasteiger partial charge on any atom is -0.317 e. The Morgan fingerprint density at radius 2 is 1.89 bits per heavy atom. The monoisotopic (exact) mass is 248 g/mol. The van der Waals surface area contributed by atoms with E-state index in [9.17, 15) is 9.59 Å². The van der Waals surface area contributed by atoms with Crippen LogP contribution in [0.3, 0.4) is 0 Å². The molecule has 2 aliphatic rings. The first-order valence-electron chi connectivity index (χ1n) is 6.56. The summed E-state index contributed by atoms with van der Waals surface area (Å²) in [6.45, 7) is 8.03. The molecule has 4 nitrogen and oxygen atoms in total. The molecular weight excluding hydrogens is 228 g/mol. The van der Waals surface area contributed by atoms with Crippen molar-refractivity contribution >= 4 is 11.9 Å². The zero-order chi connectivity index (χ0) is 13.1. The highest BCUT2D eigenvalue weighted by Crippen LogP contribution is 2.26. The van der Waals surface area contributed by atoms with Gasteiger partial charge in [0.1, 0.15) is 0 Å². The van der Waals surface area contributed by atoms with Gasteiger partial charge in [0.15, 0.2) is 0 Å². The highest BCUT2D eigenvalue weighted by atomic mass is 16.2. The van der Waals surface area contributed by atoms with Crippen LogP contribution in [0.4, 0.5) is 4.79 Å². The van der Waals surface area contributed by atoms with Gasteiger partial charge in [0, 0.05) is 18.2 Å². The molecule has 98 valence electrons. The van der Waals surface area contributed by atoms with Gasteiger partial charge in [-0.1, -0.05) is 31.9 Å². The quantitative estimate of drug-likeness (QED) is 0.568. The molecular formula is C14H20N2O2. The van der Waals surface area contributed by atoms with E-state index < -0.39 is 0 Å². The van der Waals surface area contributed by atoms with E-state index >= 15 is 0 Å². The predicted molar refractivity (Wildman–Crippen MR) is 70.0 cm³/mol. The lowest BCUT2D eigenvalue weighted by atomic mass is 9.93. The van der Waals surface area contributed by atoms with Crippen molar-refractivity contribution in [3.05, 3.63) is 24.8 Å². The topological polar surface area (TPSA) is 40.6 Å². The molecule has 4 heteroatoms. The first-order valence-corrected chi connectivity index (χ1v) is 6.56. The van der Waals surface area contributed by atoms with Crippen molar-refractivity contribution in [2.45, 2.75) is 38.1 Å². The predicted octanol–water partition coefficient (Wildman–Crippen LogP) is 2.33. The molecule has 0 aromatic carbocycles. The lowest BCUT2D eigenvalue weighted by Gasteiger charge is -2.40. The maximum Gasteiger partial charge on any atom is 0.327 e. The van der Waals surface area contributed by atoms with E-state index in [1.54, 1.807) is 6.08 Å². The standard InChI is InChI=1S/C14H20N2O2/c1-3-9-15-13(17)11(2)10-16(14(15)18)12-7-5-4-6-8-12/h3,12H,1-2,4-10H2. The number of hydrogen-bond donors (Lipinski definition) is 0. The van der Waals surface area contributed by atoms with Gasteiger partial charge in [-0.2, -0.15) is 0 Å². The van der Waals surface area contributed by atoms with Crippen LogP contribution in [0.25, 0.3) is 0 Å². The fourth-order valence-corrected chi connectivity index (χ4v) is 2.74. The van der Waals surface area contributed by atoms with Crippen LogP contribution in [0.1, 0.15) is 32.1 Å². The second kappa shape index (κ2) is 5.38. The average Bonchev–Trinajstić information content (AvgIpc) is 2.40. The third-order valence-electron chi connectivity index (χ3n) is 3.71. The summed E-state index contributed by atoms with van der Waals surface area (Å²) in [6.07, 6.45) is 7.22. The summed E-state index contributed by atoms with van der Waals surface area (Å²) >= 11 is 0. The molecule has 1 saturated heterocycles. The van der Waals surface area contributed by atoms with Crippen LogP contribution >= 0.6 is 0 Å². The van der Waals surface area contributed by atoms with Crippen LogP contribution in [0, 0.1) is 0 Å². The minimum absolute atomic E-state index is 0.181. The van der Waals surface area contributed by atoms with Crippen molar-refractivity contribution in [1.29, 1.82) is 0 Å². The van der Waals surface area contributed by atoms with E-state index in [0.717, 1.165) is 25.7 Å². The molecule has 1 aliphatic carbocycles. The Kier molecular flexibility index (Phi) is 3.84. The SMILES string of the molecule is C=CCN1C(=O)C(=C)CN(C2CCCCC2)C1=O. The van der Waals surface area contributed by atoms with Crippen LogP contribution in [-0.4, -0.2) is 40.9 Å². The maximum atomic E-state index is 12.3. The molecule has 3 amide bonds. The van der Waals surface area contributed by atoms with Crippen molar-refractivity contribution in [3.63, 3.8) is 0 Å². The van der Waals surface area contributed by atoms with Crippen molar-refractivity contribution in [2.24, 2.45) is 0 Å². The van der Waals surface area contributed by atoms with E-state index in [4.69, 9.17) is 0 Å². The van der Waals surface area contributed by atoms with E-state index in [1.807, 2.05) is 4.90 Å². The van der Waals surface area contributed by atoms with E-state index in [0.29, 0.717) is 12.1 Å². The second-order valence-electron chi connectivity index (χ2n) is 5.01. The molecule has 1 heterocycles. The Balaban J connectivity index is 2.15. The molecule has 0 radical (unpaired) electrons. The lowest BCUT2D eigenvalue weighted by molar-refractivity contribution is -0.126. The van der Waals surface area contributed by atoms with Crippen LogP contribution in [-0.2, 0) is 4.79 Å². The van der Waals surface area contributed by atoms with Gasteiger partial charge in [0.25, 0.3) is 5.91 Å². The Morgan fingerprint density at radius 3 is 2.50 bits per heavy atom. The summed E-state index contributed by atoms with van der Waals surface area (Å²) in [6, 6.07) is 0.0858. The molecule has 1 saturated carbocycles. The van der Waals surface area contributed by atoms with E-state index in [-0.39, 0.29) is 24.5 Å². The van der Waals surface area contributed by atoms with Gasteiger partial charge in [0.05, 0.1) is 6.54 Å². The van der Waals surface area contributed by atoms with Crippen molar-refractivity contribution in [1.82, 2.24) is 9.80 Å². The van der Waals surface area contributed by atoms with Gasteiger partial charge < -0.3 is 4.90 Å². The molecule has 0 bridgehead atoms. The summed E-state index contributed by atoms with van der Waals surface area (Å²) in [5.41, 5.74) is 0.502. The summed E-state index contributed by atoms with van der Waals surface area (Å²) < 4.78 is 0. The number of nitrogens with zero attached hydrogens (tertiary/aromatic N) is 2. The van der Waals surface area contributed by atoms with Gasteiger partial charge in [0.2, 0.25) is 0 Å². The van der Waals surface area contributed by atoms with Crippen LogP contribution in [0.5, 0.6) is 0 Å². The first-order chi connectivity index (χ1) is 8.65. The summed E-state index contributed by atoms with van der Waals surface area (Å²) in [5, 5.41) is 0. The smallest absolute Gasteiger partial charge is 0.317 e. The van der Waals surface area contributed by atoms with Crippen molar-refractivity contribution in [3.8, 4) is 0 Å². The third-order valence-corrected chi connectivity index (χ3v) is 3.71. The third kappa shape index (κ3) is 2.33. The number of carbonyl (C=O) groups is 2. The van der Waals surface area contributed by atoms with Gasteiger partial charge >= 0.3 is 6.03 Å². The molecule has 0 aromatic heterocycles. The molecule has 0 N–H and O–H groups in total. The Bertz CT molecular complexity index is 383. The average molecular weight is 248 g/mol. The zero-order valence-corrected chi connectivity index (χ0v) is 10.7. The molecule has 1 aliphatic heterocycles. The number of carbonyl (C=O) groups excluding carboxylic acids is 2. The molecule has 0 atom stereocenters. The second-order valence-corrected chi connectivity index (χ2v) is 5.01. The lowest BCUT2D eigenvalue weighted by Crippen LogP contribution is -2.56. The highest BCUT2D eigenvalue weighted by molar-refractivity contribution is 6.06. The summed E-state index contributed by atoms with van der Waals surface area (Å²) in [4.78, 5) is 27.3. The zero-order valence-electron chi connectivity index (χ0n) is 10.7. The molecule has 0 unspecified atom stereocenters. The Morgan fingerprint density at radius 1 is 1.22 bits per heavy atom. The van der Waals surface area contributed by atoms with E-state index in [1.165, 1.54) is 11.3 Å². The van der Waals surface area contributed by atoms with Gasteiger partial charge in [-0.05, 0) is 12.8 Å². The maximum absolute atomic E-state index is 12.3. The number of rotatable bonds is 3. The van der Waals surface area contributed by atoms with E-state index in [2.05, 4.69) is 13.2 Å². The Hall–Kier alpha value is -1.58. The normalized spacial score (nSPS) is 22.6. The van der Waals surface area contributed by atoms with Gasteiger partial charge in [-0.25, -0.2) is 4.79 Å². The fourth-order valence-electron chi connectivity index (χ4n) is 2.74. The molecule has 0 aromatic rings.